The summed E-state index contributed by atoms with van der Waals surface area (Å²) in [6, 6.07) is -0.374. The van der Waals surface area contributed by atoms with Crippen LogP contribution < -0.4 is 5.32 Å². The number of rotatable bonds is 8. The number of hydrogen-bond donors (Lipinski definition) is 1. The first-order valence-electron chi connectivity index (χ1n) is 7.70. The fourth-order valence-corrected chi connectivity index (χ4v) is 2.27. The Morgan fingerprint density at radius 3 is 2.75 bits per heavy atom. The molecule has 1 atom stereocenters. The first-order valence-corrected chi connectivity index (χ1v) is 7.70. The van der Waals surface area contributed by atoms with Crippen LogP contribution in [0.1, 0.15) is 46.5 Å². The molecule has 0 aromatic heterocycles. The minimum absolute atomic E-state index is 0.0293. The molecule has 116 valence electrons. The lowest BCUT2D eigenvalue weighted by Gasteiger charge is -2.24. The van der Waals surface area contributed by atoms with E-state index in [-0.39, 0.29) is 17.9 Å². The summed E-state index contributed by atoms with van der Waals surface area (Å²) in [6.45, 7) is 8.60. The van der Waals surface area contributed by atoms with E-state index < -0.39 is 0 Å². The largest absolute Gasteiger partial charge is 0.380 e. The Labute approximate surface area is 122 Å². The molecule has 1 aliphatic heterocycles. The lowest BCUT2D eigenvalue weighted by Crippen LogP contribution is -2.46. The number of carbonyl (C=O) groups excluding carboxylic acids is 2. The lowest BCUT2D eigenvalue weighted by molar-refractivity contribution is -0.134. The van der Waals surface area contributed by atoms with Crippen molar-refractivity contribution in [1.82, 2.24) is 10.2 Å². The van der Waals surface area contributed by atoms with E-state index in [1.807, 2.05) is 0 Å². The molecule has 1 heterocycles. The monoisotopic (exact) mass is 284 g/mol. The quantitative estimate of drug-likeness (QED) is 0.688. The Balaban J connectivity index is 2.47. The zero-order valence-electron chi connectivity index (χ0n) is 13.0. The van der Waals surface area contributed by atoms with Crippen molar-refractivity contribution in [2.45, 2.75) is 52.5 Å². The molecule has 0 aromatic carbocycles. The van der Waals surface area contributed by atoms with Crippen molar-refractivity contribution < 1.29 is 14.3 Å². The zero-order valence-corrected chi connectivity index (χ0v) is 13.0. The normalized spacial score (nSPS) is 20.2. The van der Waals surface area contributed by atoms with E-state index in [0.29, 0.717) is 38.5 Å². The highest BCUT2D eigenvalue weighted by Crippen LogP contribution is 2.11. The van der Waals surface area contributed by atoms with Crippen LogP contribution in [0.15, 0.2) is 0 Å². The molecule has 1 unspecified atom stereocenters. The smallest absolute Gasteiger partial charge is 0.245 e. The van der Waals surface area contributed by atoms with Gasteiger partial charge in [-0.05, 0) is 18.8 Å². The Kier molecular flexibility index (Phi) is 7.59. The van der Waals surface area contributed by atoms with Gasteiger partial charge in [0.15, 0.2) is 0 Å². The van der Waals surface area contributed by atoms with Crippen molar-refractivity contribution in [3.63, 3.8) is 0 Å². The zero-order chi connectivity index (χ0) is 15.0. The molecule has 0 spiro atoms. The average molecular weight is 284 g/mol. The summed E-state index contributed by atoms with van der Waals surface area (Å²) in [5.41, 5.74) is 0. The van der Waals surface area contributed by atoms with E-state index in [1.165, 1.54) is 0 Å². The summed E-state index contributed by atoms with van der Waals surface area (Å²) in [5, 5.41) is 2.83. The first-order chi connectivity index (χ1) is 9.54. The highest BCUT2D eigenvalue weighted by molar-refractivity contribution is 5.89. The fraction of sp³-hybridized carbons (Fsp3) is 0.867. The van der Waals surface area contributed by atoms with E-state index in [1.54, 1.807) is 4.90 Å². The van der Waals surface area contributed by atoms with Gasteiger partial charge in [-0.25, -0.2) is 0 Å². The van der Waals surface area contributed by atoms with Gasteiger partial charge in [0.2, 0.25) is 11.8 Å². The summed E-state index contributed by atoms with van der Waals surface area (Å²) in [6.07, 6.45) is 3.23. The molecule has 5 nitrogen and oxygen atoms in total. The SMILES string of the molecule is CCCCOCCN1CCC(=O)NC(CC(C)C)C1=O. The minimum atomic E-state index is -0.374. The molecule has 0 radical (unpaired) electrons. The standard InChI is InChI=1S/C15H28N2O3/c1-4-5-9-20-10-8-17-7-6-14(18)16-13(15(17)19)11-12(2)3/h12-13H,4-11H2,1-3H3,(H,16,18). The number of hydrogen-bond acceptors (Lipinski definition) is 3. The van der Waals surface area contributed by atoms with E-state index in [9.17, 15) is 9.59 Å². The summed E-state index contributed by atoms with van der Waals surface area (Å²) in [7, 11) is 0. The van der Waals surface area contributed by atoms with Crippen LogP contribution in [0.3, 0.4) is 0 Å². The number of amides is 2. The van der Waals surface area contributed by atoms with Gasteiger partial charge in [-0.15, -0.1) is 0 Å². The molecule has 1 rings (SSSR count). The maximum Gasteiger partial charge on any atom is 0.245 e. The summed E-state index contributed by atoms with van der Waals surface area (Å²) in [5.74, 6) is 0.382. The number of nitrogens with one attached hydrogen (secondary N) is 1. The molecular weight excluding hydrogens is 256 g/mol. The van der Waals surface area contributed by atoms with Crippen LogP contribution in [0.5, 0.6) is 0 Å². The third kappa shape index (κ3) is 5.90. The summed E-state index contributed by atoms with van der Waals surface area (Å²) in [4.78, 5) is 25.8. The highest BCUT2D eigenvalue weighted by atomic mass is 16.5. The Morgan fingerprint density at radius 2 is 2.10 bits per heavy atom. The second-order valence-corrected chi connectivity index (χ2v) is 5.79. The molecule has 5 heteroatoms. The highest BCUT2D eigenvalue weighted by Gasteiger charge is 2.29. The molecule has 0 aliphatic carbocycles. The predicted octanol–water partition coefficient (Wildman–Crippen LogP) is 1.57. The maximum atomic E-state index is 12.4. The van der Waals surface area contributed by atoms with Gasteiger partial charge in [0.05, 0.1) is 6.61 Å². The van der Waals surface area contributed by atoms with Crippen molar-refractivity contribution in [3.05, 3.63) is 0 Å². The van der Waals surface area contributed by atoms with Crippen molar-refractivity contribution in [3.8, 4) is 0 Å². The van der Waals surface area contributed by atoms with Gasteiger partial charge in [0, 0.05) is 26.1 Å². The second-order valence-electron chi connectivity index (χ2n) is 5.79. The van der Waals surface area contributed by atoms with Gasteiger partial charge in [0.25, 0.3) is 0 Å². The molecule has 0 aromatic rings. The topological polar surface area (TPSA) is 58.6 Å². The van der Waals surface area contributed by atoms with Crippen LogP contribution in [-0.2, 0) is 14.3 Å². The molecule has 1 aliphatic rings. The van der Waals surface area contributed by atoms with Gasteiger partial charge in [-0.3, -0.25) is 9.59 Å². The van der Waals surface area contributed by atoms with Crippen LogP contribution in [0.25, 0.3) is 0 Å². The maximum absolute atomic E-state index is 12.4. The molecule has 2 amide bonds. The molecule has 20 heavy (non-hydrogen) atoms. The van der Waals surface area contributed by atoms with Crippen molar-refractivity contribution >= 4 is 11.8 Å². The fourth-order valence-electron chi connectivity index (χ4n) is 2.27. The Morgan fingerprint density at radius 1 is 1.35 bits per heavy atom. The molecular formula is C15H28N2O3. The van der Waals surface area contributed by atoms with Crippen LogP contribution in [0, 0.1) is 5.92 Å². The van der Waals surface area contributed by atoms with Gasteiger partial charge >= 0.3 is 0 Å². The minimum Gasteiger partial charge on any atom is -0.380 e. The lowest BCUT2D eigenvalue weighted by atomic mass is 10.0. The average Bonchev–Trinajstić information content (AvgIpc) is 2.51. The van der Waals surface area contributed by atoms with E-state index in [2.05, 4.69) is 26.1 Å². The van der Waals surface area contributed by atoms with E-state index in [4.69, 9.17) is 4.74 Å². The second kappa shape index (κ2) is 8.95. The van der Waals surface area contributed by atoms with E-state index in [0.717, 1.165) is 19.4 Å². The van der Waals surface area contributed by atoms with Crippen molar-refractivity contribution in [2.75, 3.05) is 26.3 Å². The van der Waals surface area contributed by atoms with Crippen LogP contribution in [0.4, 0.5) is 0 Å². The van der Waals surface area contributed by atoms with Gasteiger partial charge in [-0.2, -0.15) is 0 Å². The molecule has 0 bridgehead atoms. The van der Waals surface area contributed by atoms with E-state index >= 15 is 0 Å². The first kappa shape index (κ1) is 17.0. The molecule has 0 saturated carbocycles. The molecule has 1 fully saturated rings. The predicted molar refractivity (Wildman–Crippen MR) is 78.3 cm³/mol. The summed E-state index contributed by atoms with van der Waals surface area (Å²) >= 11 is 0. The van der Waals surface area contributed by atoms with Crippen molar-refractivity contribution in [2.24, 2.45) is 5.92 Å². The van der Waals surface area contributed by atoms with Crippen LogP contribution in [0.2, 0.25) is 0 Å². The Bertz CT molecular complexity index is 318. The number of ether oxygens (including phenoxy) is 1. The molecule has 1 N–H and O–H groups in total. The van der Waals surface area contributed by atoms with Crippen LogP contribution >= 0.6 is 0 Å². The van der Waals surface area contributed by atoms with Gasteiger partial charge in [0.1, 0.15) is 6.04 Å². The van der Waals surface area contributed by atoms with Gasteiger partial charge < -0.3 is 15.0 Å². The third-order valence-electron chi connectivity index (χ3n) is 3.41. The third-order valence-corrected chi connectivity index (χ3v) is 3.41. The van der Waals surface area contributed by atoms with Crippen molar-refractivity contribution in [1.29, 1.82) is 0 Å². The molecule has 1 saturated heterocycles. The number of carbonyl (C=O) groups is 2. The summed E-state index contributed by atoms with van der Waals surface area (Å²) < 4.78 is 5.51. The number of nitrogens with zero attached hydrogens (tertiary/aromatic N) is 1. The number of unbranched alkanes of at least 4 members (excludes halogenated alkanes) is 1. The van der Waals surface area contributed by atoms with Gasteiger partial charge in [-0.1, -0.05) is 27.2 Å². The Hall–Kier alpha value is -1.10. The van der Waals surface area contributed by atoms with Crippen LogP contribution in [-0.4, -0.2) is 49.1 Å².